The first-order valence-corrected chi connectivity index (χ1v) is 7.61. The van der Waals surface area contributed by atoms with Crippen molar-refractivity contribution >= 4 is 11.9 Å². The molecular weight excluding hydrogens is 282 g/mol. The largest absolute Gasteiger partial charge is 0.481 e. The molecule has 0 saturated carbocycles. The molecule has 2 rings (SSSR count). The summed E-state index contributed by atoms with van der Waals surface area (Å²) >= 11 is 0. The van der Waals surface area contributed by atoms with Gasteiger partial charge in [0.2, 0.25) is 0 Å². The number of aliphatic carboxylic acids is 1. The number of piperidine rings is 1. The third-order valence-electron chi connectivity index (χ3n) is 4.22. The van der Waals surface area contributed by atoms with Crippen LogP contribution in [0.25, 0.3) is 0 Å². The van der Waals surface area contributed by atoms with Gasteiger partial charge in [0.05, 0.1) is 16.7 Å². The fourth-order valence-electron chi connectivity index (χ4n) is 2.85. The molecular formula is C16H23N3O3. The molecule has 1 amide bonds. The molecule has 1 aliphatic heterocycles. The van der Waals surface area contributed by atoms with Gasteiger partial charge in [-0.2, -0.15) is 0 Å². The van der Waals surface area contributed by atoms with Gasteiger partial charge in [-0.25, -0.2) is 9.97 Å². The number of carbonyl (C=O) groups excluding carboxylic acids is 1. The van der Waals surface area contributed by atoms with E-state index in [-0.39, 0.29) is 18.4 Å². The van der Waals surface area contributed by atoms with E-state index in [0.717, 1.165) is 5.69 Å². The third kappa shape index (κ3) is 3.10. The summed E-state index contributed by atoms with van der Waals surface area (Å²) in [6.07, 6.45) is 2.85. The van der Waals surface area contributed by atoms with Crippen LogP contribution >= 0.6 is 0 Å². The maximum absolute atomic E-state index is 12.8. The normalized spacial score (nSPS) is 22.0. The van der Waals surface area contributed by atoms with Crippen molar-refractivity contribution in [1.82, 2.24) is 14.9 Å². The number of aryl methyl sites for hydroxylation is 1. The SMILES string of the molecule is Cc1ncc(C(=O)N2CCCC(C)(C(=O)O)C2)c(C(C)C)n1. The van der Waals surface area contributed by atoms with Crippen LogP contribution in [-0.2, 0) is 4.79 Å². The van der Waals surface area contributed by atoms with Crippen LogP contribution in [-0.4, -0.2) is 44.9 Å². The summed E-state index contributed by atoms with van der Waals surface area (Å²) in [6, 6.07) is 0. The molecule has 2 heterocycles. The number of carboxylic acid groups (broad SMARTS) is 1. The van der Waals surface area contributed by atoms with Crippen LogP contribution in [0.1, 0.15) is 61.4 Å². The number of likely N-dealkylation sites (tertiary alicyclic amines) is 1. The van der Waals surface area contributed by atoms with Crippen LogP contribution in [0, 0.1) is 12.3 Å². The number of amides is 1. The van der Waals surface area contributed by atoms with Crippen LogP contribution in [0.4, 0.5) is 0 Å². The van der Waals surface area contributed by atoms with E-state index >= 15 is 0 Å². The summed E-state index contributed by atoms with van der Waals surface area (Å²) in [4.78, 5) is 34.4. The number of hydrogen-bond donors (Lipinski definition) is 1. The van der Waals surface area contributed by atoms with Gasteiger partial charge in [-0.05, 0) is 32.6 Å². The molecule has 1 atom stereocenters. The van der Waals surface area contributed by atoms with Gasteiger partial charge in [0.15, 0.2) is 0 Å². The van der Waals surface area contributed by atoms with Crippen molar-refractivity contribution in [2.24, 2.45) is 5.41 Å². The predicted molar refractivity (Wildman–Crippen MR) is 81.7 cm³/mol. The Morgan fingerprint density at radius 2 is 2.09 bits per heavy atom. The number of hydrogen-bond acceptors (Lipinski definition) is 4. The highest BCUT2D eigenvalue weighted by atomic mass is 16.4. The van der Waals surface area contributed by atoms with E-state index in [1.165, 1.54) is 0 Å². The number of nitrogens with zero attached hydrogens (tertiary/aromatic N) is 3. The van der Waals surface area contributed by atoms with Gasteiger partial charge in [0, 0.05) is 19.3 Å². The summed E-state index contributed by atoms with van der Waals surface area (Å²) in [5, 5.41) is 9.38. The molecule has 0 radical (unpaired) electrons. The Morgan fingerprint density at radius 1 is 1.41 bits per heavy atom. The number of aromatic nitrogens is 2. The molecule has 1 saturated heterocycles. The van der Waals surface area contributed by atoms with Crippen molar-refractivity contribution in [3.05, 3.63) is 23.3 Å². The van der Waals surface area contributed by atoms with Gasteiger partial charge >= 0.3 is 5.97 Å². The highest BCUT2D eigenvalue weighted by molar-refractivity contribution is 5.95. The molecule has 6 nitrogen and oxygen atoms in total. The van der Waals surface area contributed by atoms with Crippen molar-refractivity contribution < 1.29 is 14.7 Å². The summed E-state index contributed by atoms with van der Waals surface area (Å²) in [5.74, 6) is -0.282. The highest BCUT2D eigenvalue weighted by Gasteiger charge is 2.40. The van der Waals surface area contributed by atoms with Gasteiger partial charge in [0.25, 0.3) is 5.91 Å². The minimum Gasteiger partial charge on any atom is -0.481 e. The maximum atomic E-state index is 12.8. The third-order valence-corrected chi connectivity index (χ3v) is 4.22. The Balaban J connectivity index is 2.30. The van der Waals surface area contributed by atoms with E-state index < -0.39 is 11.4 Å². The Labute approximate surface area is 130 Å². The van der Waals surface area contributed by atoms with E-state index in [9.17, 15) is 14.7 Å². The standard InChI is InChI=1S/C16H23N3O3/c1-10(2)13-12(8-17-11(3)18-13)14(20)19-7-5-6-16(4,9-19)15(21)22/h8,10H,5-7,9H2,1-4H3,(H,21,22). The molecule has 120 valence electrons. The smallest absolute Gasteiger partial charge is 0.311 e. The molecule has 1 fully saturated rings. The van der Waals surface area contributed by atoms with Crippen molar-refractivity contribution in [1.29, 1.82) is 0 Å². The van der Waals surface area contributed by atoms with E-state index in [4.69, 9.17) is 0 Å². The molecule has 0 aliphatic carbocycles. The van der Waals surface area contributed by atoms with E-state index in [1.54, 1.807) is 24.9 Å². The first-order valence-electron chi connectivity index (χ1n) is 7.61. The number of rotatable bonds is 3. The average Bonchev–Trinajstić information content (AvgIpc) is 2.46. The van der Waals surface area contributed by atoms with Crippen LogP contribution in [0.15, 0.2) is 6.20 Å². The first kappa shape index (κ1) is 16.4. The van der Waals surface area contributed by atoms with Crippen molar-refractivity contribution in [2.75, 3.05) is 13.1 Å². The monoisotopic (exact) mass is 305 g/mol. The second-order valence-electron chi connectivity index (χ2n) is 6.57. The zero-order valence-corrected chi connectivity index (χ0v) is 13.6. The fourth-order valence-corrected chi connectivity index (χ4v) is 2.85. The molecule has 1 aromatic heterocycles. The molecule has 0 spiro atoms. The zero-order valence-electron chi connectivity index (χ0n) is 13.6. The Bertz CT molecular complexity index is 600. The number of carboxylic acids is 1. The lowest BCUT2D eigenvalue weighted by atomic mass is 9.82. The van der Waals surface area contributed by atoms with Crippen LogP contribution in [0.3, 0.4) is 0 Å². The second-order valence-corrected chi connectivity index (χ2v) is 6.57. The molecule has 22 heavy (non-hydrogen) atoms. The molecule has 1 aliphatic rings. The fraction of sp³-hybridized carbons (Fsp3) is 0.625. The van der Waals surface area contributed by atoms with Gasteiger partial charge in [-0.1, -0.05) is 13.8 Å². The van der Waals surface area contributed by atoms with Crippen LogP contribution < -0.4 is 0 Å². The summed E-state index contributed by atoms with van der Waals surface area (Å²) < 4.78 is 0. The second kappa shape index (κ2) is 6.02. The molecule has 1 unspecified atom stereocenters. The summed E-state index contributed by atoms with van der Waals surface area (Å²) in [5.41, 5.74) is 0.326. The number of carbonyl (C=O) groups is 2. The van der Waals surface area contributed by atoms with E-state index in [2.05, 4.69) is 9.97 Å². The average molecular weight is 305 g/mol. The summed E-state index contributed by atoms with van der Waals surface area (Å²) in [6.45, 7) is 8.26. The lowest BCUT2D eigenvalue weighted by Gasteiger charge is -2.37. The lowest BCUT2D eigenvalue weighted by molar-refractivity contribution is -0.150. The van der Waals surface area contributed by atoms with Crippen LogP contribution in [0.5, 0.6) is 0 Å². The Hall–Kier alpha value is -1.98. The molecule has 6 heteroatoms. The van der Waals surface area contributed by atoms with Gasteiger partial charge in [-0.15, -0.1) is 0 Å². The lowest BCUT2D eigenvalue weighted by Crippen LogP contribution is -2.48. The van der Waals surface area contributed by atoms with Crippen molar-refractivity contribution in [3.63, 3.8) is 0 Å². The topological polar surface area (TPSA) is 83.4 Å². The maximum Gasteiger partial charge on any atom is 0.311 e. The van der Waals surface area contributed by atoms with E-state index in [0.29, 0.717) is 30.8 Å². The minimum atomic E-state index is -0.878. The van der Waals surface area contributed by atoms with Crippen molar-refractivity contribution in [2.45, 2.75) is 46.5 Å². The first-order chi connectivity index (χ1) is 10.2. The molecule has 0 bridgehead atoms. The Kier molecular flexibility index (Phi) is 4.49. The minimum absolute atomic E-state index is 0.108. The van der Waals surface area contributed by atoms with Crippen LogP contribution in [0.2, 0.25) is 0 Å². The zero-order chi connectivity index (χ0) is 16.5. The van der Waals surface area contributed by atoms with Crippen molar-refractivity contribution in [3.8, 4) is 0 Å². The highest BCUT2D eigenvalue weighted by Crippen LogP contribution is 2.31. The van der Waals surface area contributed by atoms with Gasteiger partial charge < -0.3 is 10.0 Å². The summed E-state index contributed by atoms with van der Waals surface area (Å²) in [7, 11) is 0. The van der Waals surface area contributed by atoms with Gasteiger partial charge in [-0.3, -0.25) is 9.59 Å². The van der Waals surface area contributed by atoms with E-state index in [1.807, 2.05) is 13.8 Å². The molecule has 1 N–H and O–H groups in total. The molecule has 1 aromatic rings. The Morgan fingerprint density at radius 3 is 2.68 bits per heavy atom. The quantitative estimate of drug-likeness (QED) is 0.926. The predicted octanol–water partition coefficient (Wildman–Crippen LogP) is 2.24. The molecule has 0 aromatic carbocycles. The van der Waals surface area contributed by atoms with Gasteiger partial charge in [0.1, 0.15) is 5.82 Å².